The zero-order valence-electron chi connectivity index (χ0n) is 9.25. The summed E-state index contributed by atoms with van der Waals surface area (Å²) in [5.41, 5.74) is 1.14. The second-order valence-electron chi connectivity index (χ2n) is 5.06. The molecule has 3 rings (SSSR count). The van der Waals surface area contributed by atoms with Crippen molar-refractivity contribution in [3.8, 4) is 11.8 Å². The second-order valence-corrected chi connectivity index (χ2v) is 5.97. The molecule has 0 saturated heterocycles. The van der Waals surface area contributed by atoms with E-state index in [9.17, 15) is 0 Å². The first-order chi connectivity index (χ1) is 7.81. The van der Waals surface area contributed by atoms with Crippen LogP contribution in [-0.2, 0) is 0 Å². The highest BCUT2D eigenvalue weighted by atomic mass is 79.9. The standard InChI is InChI=1S/C15H15Br/c16-15-7-3-11(4-8-15)1-5-13-9-12-2-6-14(13)10-12/h3-4,7-8,12-14H,2,6,9-10H2. The highest BCUT2D eigenvalue weighted by Gasteiger charge is 2.38. The van der Waals surface area contributed by atoms with Gasteiger partial charge in [-0.3, -0.25) is 0 Å². The molecule has 2 aliphatic rings. The molecule has 16 heavy (non-hydrogen) atoms. The molecule has 0 radical (unpaired) electrons. The van der Waals surface area contributed by atoms with E-state index >= 15 is 0 Å². The van der Waals surface area contributed by atoms with Gasteiger partial charge in [0.25, 0.3) is 0 Å². The van der Waals surface area contributed by atoms with E-state index in [1.807, 2.05) is 0 Å². The Morgan fingerprint density at radius 2 is 1.88 bits per heavy atom. The van der Waals surface area contributed by atoms with Gasteiger partial charge in [-0.25, -0.2) is 0 Å². The van der Waals surface area contributed by atoms with Gasteiger partial charge < -0.3 is 0 Å². The summed E-state index contributed by atoms with van der Waals surface area (Å²) < 4.78 is 1.12. The van der Waals surface area contributed by atoms with Crippen LogP contribution < -0.4 is 0 Å². The van der Waals surface area contributed by atoms with Crippen LogP contribution in [-0.4, -0.2) is 0 Å². The second kappa shape index (κ2) is 4.26. The zero-order chi connectivity index (χ0) is 11.0. The molecule has 1 heteroatoms. The Kier molecular flexibility index (Phi) is 2.77. The van der Waals surface area contributed by atoms with E-state index in [1.165, 1.54) is 25.7 Å². The van der Waals surface area contributed by atoms with Crippen molar-refractivity contribution in [2.75, 3.05) is 0 Å². The van der Waals surface area contributed by atoms with Gasteiger partial charge in [0.2, 0.25) is 0 Å². The molecular weight excluding hydrogens is 260 g/mol. The molecule has 2 saturated carbocycles. The van der Waals surface area contributed by atoms with E-state index in [1.54, 1.807) is 0 Å². The number of hydrogen-bond donors (Lipinski definition) is 0. The Labute approximate surface area is 106 Å². The van der Waals surface area contributed by atoms with Gasteiger partial charge in [-0.05, 0) is 55.4 Å². The van der Waals surface area contributed by atoms with Crippen molar-refractivity contribution in [1.82, 2.24) is 0 Å². The van der Waals surface area contributed by atoms with Crippen molar-refractivity contribution in [2.24, 2.45) is 17.8 Å². The SMILES string of the molecule is Brc1ccc(C#CC2CC3CCC2C3)cc1. The van der Waals surface area contributed by atoms with Crippen LogP contribution >= 0.6 is 15.9 Å². The summed E-state index contributed by atoms with van der Waals surface area (Å²) in [5.74, 6) is 9.40. The molecule has 0 spiro atoms. The monoisotopic (exact) mass is 274 g/mol. The number of fused-ring (bicyclic) bond motifs is 2. The van der Waals surface area contributed by atoms with Crippen LogP contribution in [0.3, 0.4) is 0 Å². The molecule has 2 bridgehead atoms. The van der Waals surface area contributed by atoms with Gasteiger partial charge in [0.05, 0.1) is 0 Å². The summed E-state index contributed by atoms with van der Waals surface area (Å²) in [6, 6.07) is 8.30. The number of rotatable bonds is 0. The summed E-state index contributed by atoms with van der Waals surface area (Å²) >= 11 is 3.44. The van der Waals surface area contributed by atoms with Crippen LogP contribution in [0.4, 0.5) is 0 Å². The van der Waals surface area contributed by atoms with Crippen molar-refractivity contribution in [2.45, 2.75) is 25.7 Å². The van der Waals surface area contributed by atoms with Crippen molar-refractivity contribution in [3.63, 3.8) is 0 Å². The van der Waals surface area contributed by atoms with Gasteiger partial charge in [0.1, 0.15) is 0 Å². The minimum atomic E-state index is 0.683. The van der Waals surface area contributed by atoms with E-state index in [0.717, 1.165) is 21.9 Å². The normalized spacial score (nSPS) is 31.2. The maximum atomic E-state index is 3.48. The highest BCUT2D eigenvalue weighted by molar-refractivity contribution is 9.10. The molecule has 0 aromatic heterocycles. The molecule has 0 aliphatic heterocycles. The van der Waals surface area contributed by atoms with E-state index in [0.29, 0.717) is 5.92 Å². The molecule has 1 aromatic carbocycles. The fourth-order valence-electron chi connectivity index (χ4n) is 3.13. The lowest BCUT2D eigenvalue weighted by atomic mass is 9.89. The quantitative estimate of drug-likeness (QED) is 0.621. The van der Waals surface area contributed by atoms with Gasteiger partial charge in [-0.1, -0.05) is 34.2 Å². The average molecular weight is 275 g/mol. The lowest BCUT2D eigenvalue weighted by Gasteiger charge is -2.15. The van der Waals surface area contributed by atoms with E-state index in [-0.39, 0.29) is 0 Å². The Morgan fingerprint density at radius 1 is 1.06 bits per heavy atom. The molecule has 3 unspecified atom stereocenters. The molecule has 3 atom stereocenters. The Hall–Kier alpha value is -0.740. The summed E-state index contributed by atoms with van der Waals surface area (Å²) in [6.07, 6.45) is 5.68. The van der Waals surface area contributed by atoms with Crippen molar-refractivity contribution < 1.29 is 0 Å². The summed E-state index contributed by atoms with van der Waals surface area (Å²) in [6.45, 7) is 0. The smallest absolute Gasteiger partial charge is 0.0246 e. The maximum Gasteiger partial charge on any atom is 0.0246 e. The molecular formula is C15H15Br. The van der Waals surface area contributed by atoms with Crippen LogP contribution in [0.2, 0.25) is 0 Å². The number of halogens is 1. The Balaban J connectivity index is 1.73. The lowest BCUT2D eigenvalue weighted by Crippen LogP contribution is -2.07. The molecule has 0 N–H and O–H groups in total. The van der Waals surface area contributed by atoms with E-state index in [4.69, 9.17) is 0 Å². The third kappa shape index (κ3) is 2.04. The summed E-state index contributed by atoms with van der Waals surface area (Å²) in [7, 11) is 0. The fourth-order valence-corrected chi connectivity index (χ4v) is 3.40. The largest absolute Gasteiger partial charge is 0.0942 e. The van der Waals surface area contributed by atoms with Crippen molar-refractivity contribution >= 4 is 15.9 Å². The molecule has 0 nitrogen and oxygen atoms in total. The van der Waals surface area contributed by atoms with Crippen LogP contribution in [0.5, 0.6) is 0 Å². The third-order valence-corrected chi connectivity index (χ3v) is 4.51. The predicted octanol–water partition coefficient (Wildman–Crippen LogP) is 4.24. The Morgan fingerprint density at radius 3 is 2.50 bits per heavy atom. The highest BCUT2D eigenvalue weighted by Crippen LogP contribution is 2.47. The number of benzene rings is 1. The molecule has 0 amide bonds. The maximum absolute atomic E-state index is 3.48. The predicted molar refractivity (Wildman–Crippen MR) is 70.0 cm³/mol. The molecule has 82 valence electrons. The van der Waals surface area contributed by atoms with Gasteiger partial charge >= 0.3 is 0 Å². The summed E-state index contributed by atoms with van der Waals surface area (Å²) in [4.78, 5) is 0. The number of hydrogen-bond acceptors (Lipinski definition) is 0. The van der Waals surface area contributed by atoms with Crippen molar-refractivity contribution in [3.05, 3.63) is 34.3 Å². The zero-order valence-corrected chi connectivity index (χ0v) is 10.8. The van der Waals surface area contributed by atoms with Gasteiger partial charge in [0.15, 0.2) is 0 Å². The van der Waals surface area contributed by atoms with Crippen molar-refractivity contribution in [1.29, 1.82) is 0 Å². The molecule has 2 aliphatic carbocycles. The fraction of sp³-hybridized carbons (Fsp3) is 0.467. The van der Waals surface area contributed by atoms with Gasteiger partial charge in [-0.2, -0.15) is 0 Å². The Bertz CT molecular complexity index is 435. The summed E-state index contributed by atoms with van der Waals surface area (Å²) in [5, 5.41) is 0. The van der Waals surface area contributed by atoms with Crippen LogP contribution in [0, 0.1) is 29.6 Å². The van der Waals surface area contributed by atoms with Crippen LogP contribution in [0.15, 0.2) is 28.7 Å². The van der Waals surface area contributed by atoms with Crippen LogP contribution in [0.25, 0.3) is 0 Å². The molecule has 0 heterocycles. The average Bonchev–Trinajstić information content (AvgIpc) is 2.90. The van der Waals surface area contributed by atoms with E-state index in [2.05, 4.69) is 52.0 Å². The third-order valence-electron chi connectivity index (χ3n) is 3.98. The molecule has 1 aromatic rings. The topological polar surface area (TPSA) is 0 Å². The first-order valence-electron chi connectivity index (χ1n) is 6.08. The minimum absolute atomic E-state index is 0.683. The van der Waals surface area contributed by atoms with Gasteiger partial charge in [-0.15, -0.1) is 0 Å². The van der Waals surface area contributed by atoms with Crippen LogP contribution in [0.1, 0.15) is 31.2 Å². The minimum Gasteiger partial charge on any atom is -0.0942 e. The first-order valence-corrected chi connectivity index (χ1v) is 6.87. The van der Waals surface area contributed by atoms with E-state index < -0.39 is 0 Å². The van der Waals surface area contributed by atoms with Gasteiger partial charge in [0, 0.05) is 16.0 Å². The lowest BCUT2D eigenvalue weighted by molar-refractivity contribution is 0.406. The molecule has 2 fully saturated rings. The first kappa shape index (κ1) is 10.4.